The molecule has 0 unspecified atom stereocenters. The highest BCUT2D eigenvalue weighted by molar-refractivity contribution is 5.75. The normalized spacial score (nSPS) is 16.7. The van der Waals surface area contributed by atoms with E-state index in [4.69, 9.17) is 10.5 Å². The lowest BCUT2D eigenvalue weighted by molar-refractivity contribution is 0.211. The van der Waals surface area contributed by atoms with Crippen LogP contribution in [0.2, 0.25) is 0 Å². The topological polar surface area (TPSA) is 132 Å². The van der Waals surface area contributed by atoms with Gasteiger partial charge in [-0.25, -0.2) is 9.78 Å². The van der Waals surface area contributed by atoms with Crippen LogP contribution in [0.1, 0.15) is 37.7 Å². The minimum absolute atomic E-state index is 0.296. The molecule has 1 aromatic carbocycles. The van der Waals surface area contributed by atoms with Crippen LogP contribution >= 0.6 is 0 Å². The number of carbonyl (C=O) groups is 1. The van der Waals surface area contributed by atoms with E-state index in [1.165, 1.54) is 12.6 Å². The molecule has 33 heavy (non-hydrogen) atoms. The molecule has 0 spiro atoms. The second-order valence-electron chi connectivity index (χ2n) is 8.75. The van der Waals surface area contributed by atoms with Gasteiger partial charge in [0, 0.05) is 36.9 Å². The van der Waals surface area contributed by atoms with Crippen LogP contribution in [0.15, 0.2) is 24.4 Å². The molecule has 2 aromatic rings. The third-order valence-electron chi connectivity index (χ3n) is 6.34. The van der Waals surface area contributed by atoms with Crippen molar-refractivity contribution < 1.29 is 9.53 Å². The number of anilines is 4. The maximum atomic E-state index is 11.6. The lowest BCUT2D eigenvalue weighted by Gasteiger charge is -2.36. The van der Waals surface area contributed by atoms with Crippen molar-refractivity contribution in [2.24, 2.45) is 5.73 Å². The molecule has 4 N–H and O–H groups in total. The first-order chi connectivity index (χ1) is 15.9. The molecule has 1 aromatic heterocycles. The van der Waals surface area contributed by atoms with Crippen molar-refractivity contribution in [3.8, 4) is 11.8 Å². The van der Waals surface area contributed by atoms with Gasteiger partial charge >= 0.3 is 6.09 Å². The highest BCUT2D eigenvalue weighted by atomic mass is 16.5. The number of hydrogen-bond acceptors (Lipinski definition) is 9. The summed E-state index contributed by atoms with van der Waals surface area (Å²) in [4.78, 5) is 24.8. The van der Waals surface area contributed by atoms with Gasteiger partial charge in [0.25, 0.3) is 0 Å². The minimum Gasteiger partial charge on any atom is -0.408 e. The van der Waals surface area contributed by atoms with E-state index in [0.29, 0.717) is 40.9 Å². The predicted octanol–water partition coefficient (Wildman–Crippen LogP) is 3.04. The summed E-state index contributed by atoms with van der Waals surface area (Å²) >= 11 is 0. The van der Waals surface area contributed by atoms with Crippen molar-refractivity contribution in [3.05, 3.63) is 30.0 Å². The number of aromatic nitrogens is 2. The number of nitrogens with one attached hydrogen (secondary N) is 2. The summed E-state index contributed by atoms with van der Waals surface area (Å²) in [6.07, 6.45) is 6.00. The Bertz CT molecular complexity index is 1040. The largest absolute Gasteiger partial charge is 0.410 e. The Balaban J connectivity index is 1.54. The zero-order chi connectivity index (χ0) is 23.4. The fourth-order valence-corrected chi connectivity index (χ4v) is 4.14. The van der Waals surface area contributed by atoms with Crippen LogP contribution < -0.4 is 26.0 Å². The number of amides is 1. The van der Waals surface area contributed by atoms with E-state index in [2.05, 4.69) is 50.6 Å². The van der Waals surface area contributed by atoms with Crippen LogP contribution in [0.3, 0.4) is 0 Å². The van der Waals surface area contributed by atoms with E-state index in [1.54, 1.807) is 6.07 Å². The van der Waals surface area contributed by atoms with Crippen LogP contribution in [0, 0.1) is 11.3 Å². The molecular weight excluding hydrogens is 420 g/mol. The summed E-state index contributed by atoms with van der Waals surface area (Å²) in [5.41, 5.74) is 7.18. The smallest absolute Gasteiger partial charge is 0.408 e. The molecule has 10 nitrogen and oxygen atoms in total. The van der Waals surface area contributed by atoms with Gasteiger partial charge < -0.3 is 30.9 Å². The Morgan fingerprint density at radius 3 is 2.64 bits per heavy atom. The molecule has 0 radical (unpaired) electrons. The Hall–Kier alpha value is -3.58. The average Bonchev–Trinajstić information content (AvgIpc) is 2.77. The lowest BCUT2D eigenvalue weighted by atomic mass is 9.93. The zero-order valence-electron chi connectivity index (χ0n) is 19.0. The Morgan fingerprint density at radius 1 is 1.27 bits per heavy atom. The Kier molecular flexibility index (Phi) is 6.79. The summed E-state index contributed by atoms with van der Waals surface area (Å²) in [5.74, 6) is 1.10. The molecule has 0 bridgehead atoms. The highest BCUT2D eigenvalue weighted by Gasteiger charge is 2.23. The molecule has 2 heterocycles. The second kappa shape index (κ2) is 9.92. The van der Waals surface area contributed by atoms with Gasteiger partial charge in [-0.2, -0.15) is 10.2 Å². The van der Waals surface area contributed by atoms with Gasteiger partial charge in [-0.15, -0.1) is 0 Å². The van der Waals surface area contributed by atoms with Crippen molar-refractivity contribution in [2.75, 3.05) is 42.7 Å². The number of nitrogens with two attached hydrogens (primary N) is 1. The molecule has 1 saturated heterocycles. The molecule has 10 heteroatoms. The number of primary amides is 1. The van der Waals surface area contributed by atoms with Crippen LogP contribution in [0.5, 0.6) is 5.75 Å². The molecule has 2 fully saturated rings. The van der Waals surface area contributed by atoms with Gasteiger partial charge in [0.15, 0.2) is 5.75 Å². The van der Waals surface area contributed by atoms with Gasteiger partial charge in [-0.05, 0) is 58.3 Å². The first-order valence-corrected chi connectivity index (χ1v) is 11.3. The third-order valence-corrected chi connectivity index (χ3v) is 6.34. The standard InChI is InChI=1S/C23H30N8O2/c1-30(2)17-8-10-31(11-9-17)18-6-7-19(20(12-18)33-22(25)32)28-23-26-14-15(13-24)21(29-23)27-16-4-3-5-16/h6-7,12,14,16-17H,3-5,8-11H2,1-2H3,(H2,25,32)(H2,26,27,28,29). The van der Waals surface area contributed by atoms with Gasteiger partial charge in [0.1, 0.15) is 17.5 Å². The van der Waals surface area contributed by atoms with Crippen LogP contribution in [-0.4, -0.2) is 60.2 Å². The Morgan fingerprint density at radius 2 is 2.03 bits per heavy atom. The SMILES string of the molecule is CN(C)C1CCN(c2ccc(Nc3ncc(C#N)c(NC4CCC4)n3)c(OC(N)=O)c2)CC1. The quantitative estimate of drug-likeness (QED) is 0.582. The molecular formula is C23H30N8O2. The molecule has 1 aliphatic carbocycles. The van der Waals surface area contributed by atoms with E-state index in [-0.39, 0.29) is 0 Å². The zero-order valence-corrected chi connectivity index (χ0v) is 19.0. The molecule has 1 saturated carbocycles. The fourth-order valence-electron chi connectivity index (χ4n) is 4.14. The molecule has 174 valence electrons. The Labute approximate surface area is 193 Å². The van der Waals surface area contributed by atoms with Gasteiger partial charge in [0.05, 0.1) is 11.9 Å². The number of hydrogen-bond donors (Lipinski definition) is 3. The number of nitriles is 1. The molecule has 1 amide bonds. The summed E-state index contributed by atoms with van der Waals surface area (Å²) in [6.45, 7) is 1.83. The molecule has 2 aliphatic rings. The van der Waals surface area contributed by atoms with E-state index in [1.807, 2.05) is 12.1 Å². The predicted molar refractivity (Wildman–Crippen MR) is 127 cm³/mol. The van der Waals surface area contributed by atoms with E-state index >= 15 is 0 Å². The van der Waals surface area contributed by atoms with Crippen LogP contribution in [0.25, 0.3) is 0 Å². The molecule has 0 atom stereocenters. The maximum Gasteiger partial charge on any atom is 0.410 e. The van der Waals surface area contributed by atoms with E-state index < -0.39 is 6.09 Å². The summed E-state index contributed by atoms with van der Waals surface area (Å²) < 4.78 is 5.29. The third kappa shape index (κ3) is 5.43. The average molecular weight is 451 g/mol. The maximum absolute atomic E-state index is 11.6. The molecule has 4 rings (SSSR count). The fraction of sp³-hybridized carbons (Fsp3) is 0.478. The summed E-state index contributed by atoms with van der Waals surface area (Å²) in [6, 6.07) is 8.62. The number of nitrogens with zero attached hydrogens (tertiary/aromatic N) is 5. The van der Waals surface area contributed by atoms with Crippen molar-refractivity contribution in [1.29, 1.82) is 5.26 Å². The first-order valence-electron chi connectivity index (χ1n) is 11.3. The summed E-state index contributed by atoms with van der Waals surface area (Å²) in [5, 5.41) is 15.8. The van der Waals surface area contributed by atoms with Crippen molar-refractivity contribution in [2.45, 2.75) is 44.2 Å². The van der Waals surface area contributed by atoms with E-state index in [0.717, 1.165) is 44.5 Å². The number of rotatable bonds is 7. The lowest BCUT2D eigenvalue weighted by Crippen LogP contribution is -2.42. The molecule has 1 aliphatic heterocycles. The monoisotopic (exact) mass is 450 g/mol. The van der Waals surface area contributed by atoms with Crippen LogP contribution in [0.4, 0.5) is 27.9 Å². The van der Waals surface area contributed by atoms with Crippen molar-refractivity contribution >= 4 is 29.2 Å². The van der Waals surface area contributed by atoms with E-state index in [9.17, 15) is 10.1 Å². The van der Waals surface area contributed by atoms with Gasteiger partial charge in [-0.1, -0.05) is 0 Å². The number of carbonyl (C=O) groups excluding carboxylic acids is 1. The summed E-state index contributed by atoms with van der Waals surface area (Å²) in [7, 11) is 4.22. The van der Waals surface area contributed by atoms with Gasteiger partial charge in [-0.3, -0.25) is 0 Å². The number of piperidine rings is 1. The van der Waals surface area contributed by atoms with Crippen LogP contribution in [-0.2, 0) is 0 Å². The van der Waals surface area contributed by atoms with Gasteiger partial charge in [0.2, 0.25) is 5.95 Å². The number of ether oxygens (including phenoxy) is 1. The number of benzene rings is 1. The highest BCUT2D eigenvalue weighted by Crippen LogP contribution is 2.33. The minimum atomic E-state index is -0.894. The second-order valence-corrected chi connectivity index (χ2v) is 8.75. The van der Waals surface area contributed by atoms with Crippen molar-refractivity contribution in [3.63, 3.8) is 0 Å². The van der Waals surface area contributed by atoms with Crippen molar-refractivity contribution in [1.82, 2.24) is 14.9 Å². The first kappa shape index (κ1) is 22.6.